The second-order valence-corrected chi connectivity index (χ2v) is 9.74. The molecule has 1 atom stereocenters. The van der Waals surface area contributed by atoms with Gasteiger partial charge in [-0.05, 0) is 43.1 Å². The van der Waals surface area contributed by atoms with E-state index in [1.165, 1.54) is 23.9 Å². The van der Waals surface area contributed by atoms with Gasteiger partial charge in [-0.2, -0.15) is 0 Å². The number of ether oxygens (including phenoxy) is 1. The van der Waals surface area contributed by atoms with Crippen molar-refractivity contribution in [1.29, 1.82) is 0 Å². The minimum Gasteiger partial charge on any atom is -0.468 e. The van der Waals surface area contributed by atoms with Gasteiger partial charge in [0.2, 0.25) is 10.0 Å². The molecule has 0 bridgehead atoms. The molecule has 1 aliphatic heterocycles. The van der Waals surface area contributed by atoms with Crippen LogP contribution in [-0.2, 0) is 32.5 Å². The van der Waals surface area contributed by atoms with Crippen molar-refractivity contribution in [3.8, 4) is 5.69 Å². The molecule has 1 saturated heterocycles. The van der Waals surface area contributed by atoms with Crippen LogP contribution in [-0.4, -0.2) is 53.7 Å². The van der Waals surface area contributed by atoms with Gasteiger partial charge in [0.15, 0.2) is 5.82 Å². The molecule has 0 saturated carbocycles. The number of hydrogen-bond donors (Lipinski definition) is 1. The first-order chi connectivity index (χ1) is 16.3. The summed E-state index contributed by atoms with van der Waals surface area (Å²) < 4.78 is 44.5. The molecule has 34 heavy (non-hydrogen) atoms. The standard InChI is InChI=1S/C23H26FN5O4S/c1-33-23(30)20-9-5-6-12-28(20)15-21-26-22(13-16-7-3-2-4-8-16)29(27-21)19-11-10-17(14-18(19)24)34(25,31)32/h2-4,7-8,10-11,14,20H,5-6,9,12-13,15H2,1H3,(H2,25,31,32)/t20-/m1/s1. The largest absolute Gasteiger partial charge is 0.468 e. The molecule has 0 aliphatic carbocycles. The third kappa shape index (κ3) is 5.32. The van der Waals surface area contributed by atoms with Crippen LogP contribution < -0.4 is 5.14 Å². The molecule has 0 unspecified atom stereocenters. The molecule has 0 spiro atoms. The van der Waals surface area contributed by atoms with Gasteiger partial charge < -0.3 is 4.74 Å². The average molecular weight is 488 g/mol. The lowest BCUT2D eigenvalue weighted by atomic mass is 10.0. The summed E-state index contributed by atoms with van der Waals surface area (Å²) >= 11 is 0. The van der Waals surface area contributed by atoms with E-state index in [0.29, 0.717) is 37.6 Å². The predicted molar refractivity (Wildman–Crippen MR) is 122 cm³/mol. The monoisotopic (exact) mass is 487 g/mol. The Morgan fingerprint density at radius 1 is 1.21 bits per heavy atom. The fraction of sp³-hybridized carbons (Fsp3) is 0.348. The van der Waals surface area contributed by atoms with Crippen molar-refractivity contribution in [2.24, 2.45) is 5.14 Å². The first kappa shape index (κ1) is 24.0. The highest BCUT2D eigenvalue weighted by molar-refractivity contribution is 7.89. The van der Waals surface area contributed by atoms with E-state index in [2.05, 4.69) is 10.1 Å². The summed E-state index contributed by atoms with van der Waals surface area (Å²) in [5.41, 5.74) is 1.01. The summed E-state index contributed by atoms with van der Waals surface area (Å²) in [6, 6.07) is 12.6. The molecule has 2 heterocycles. The molecule has 0 amide bonds. The SMILES string of the molecule is COC(=O)[C@H]1CCCCN1Cc1nc(Cc2ccccc2)n(-c2ccc(S(N)(=O)=O)cc2F)n1. The summed E-state index contributed by atoms with van der Waals surface area (Å²) in [6.45, 7) is 0.991. The molecule has 1 aliphatic rings. The van der Waals surface area contributed by atoms with Gasteiger partial charge in [0, 0.05) is 6.42 Å². The van der Waals surface area contributed by atoms with Crippen LogP contribution in [0.2, 0.25) is 0 Å². The van der Waals surface area contributed by atoms with Crippen molar-refractivity contribution in [3.63, 3.8) is 0 Å². The van der Waals surface area contributed by atoms with E-state index < -0.39 is 15.8 Å². The number of rotatable bonds is 7. The molecule has 4 rings (SSSR count). The zero-order valence-corrected chi connectivity index (χ0v) is 19.5. The number of primary sulfonamides is 1. The molecule has 3 aromatic rings. The van der Waals surface area contributed by atoms with Gasteiger partial charge in [0.25, 0.3) is 0 Å². The minimum atomic E-state index is -4.05. The number of methoxy groups -OCH3 is 1. The van der Waals surface area contributed by atoms with Gasteiger partial charge in [-0.1, -0.05) is 36.8 Å². The van der Waals surface area contributed by atoms with Crippen molar-refractivity contribution >= 4 is 16.0 Å². The number of nitrogens with two attached hydrogens (primary N) is 1. The van der Waals surface area contributed by atoms with Crippen LogP contribution in [0, 0.1) is 5.82 Å². The second-order valence-electron chi connectivity index (χ2n) is 8.18. The maximum Gasteiger partial charge on any atom is 0.323 e. The normalized spacial score (nSPS) is 17.0. The van der Waals surface area contributed by atoms with Crippen LogP contribution in [0.1, 0.15) is 36.5 Å². The molecule has 2 N–H and O–H groups in total. The number of sulfonamides is 1. The fourth-order valence-corrected chi connectivity index (χ4v) is 4.67. The van der Waals surface area contributed by atoms with E-state index in [1.807, 2.05) is 35.2 Å². The van der Waals surface area contributed by atoms with Crippen LogP contribution in [0.4, 0.5) is 4.39 Å². The maximum atomic E-state index is 15.0. The number of nitrogens with zero attached hydrogens (tertiary/aromatic N) is 4. The summed E-state index contributed by atoms with van der Waals surface area (Å²) in [4.78, 5) is 18.5. The van der Waals surface area contributed by atoms with E-state index in [0.717, 1.165) is 24.5 Å². The van der Waals surface area contributed by atoms with E-state index >= 15 is 0 Å². The Balaban J connectivity index is 1.71. The highest BCUT2D eigenvalue weighted by Crippen LogP contribution is 2.23. The quantitative estimate of drug-likeness (QED) is 0.507. The van der Waals surface area contributed by atoms with Gasteiger partial charge in [-0.25, -0.2) is 27.6 Å². The molecular weight excluding hydrogens is 461 g/mol. The summed E-state index contributed by atoms with van der Waals surface area (Å²) in [7, 11) is -2.68. The first-order valence-electron chi connectivity index (χ1n) is 10.9. The molecule has 1 fully saturated rings. The van der Waals surface area contributed by atoms with E-state index in [1.54, 1.807) is 0 Å². The number of esters is 1. The average Bonchev–Trinajstić information content (AvgIpc) is 3.20. The Labute approximate surface area is 197 Å². The summed E-state index contributed by atoms with van der Waals surface area (Å²) in [5, 5.41) is 9.67. The van der Waals surface area contributed by atoms with E-state index in [-0.39, 0.29) is 22.6 Å². The summed E-state index contributed by atoms with van der Waals surface area (Å²) in [6.07, 6.45) is 2.94. The number of halogens is 1. The van der Waals surface area contributed by atoms with Crippen LogP contribution in [0.3, 0.4) is 0 Å². The number of hydrogen-bond acceptors (Lipinski definition) is 7. The number of piperidine rings is 1. The van der Waals surface area contributed by atoms with Crippen LogP contribution in [0.15, 0.2) is 53.4 Å². The number of benzene rings is 2. The van der Waals surface area contributed by atoms with Gasteiger partial charge in [-0.3, -0.25) is 9.69 Å². The zero-order chi connectivity index (χ0) is 24.3. The van der Waals surface area contributed by atoms with Gasteiger partial charge in [-0.15, -0.1) is 5.10 Å². The number of carbonyl (C=O) groups is 1. The summed E-state index contributed by atoms with van der Waals surface area (Å²) in [5.74, 6) is -0.178. The number of aromatic nitrogens is 3. The molecule has 180 valence electrons. The smallest absolute Gasteiger partial charge is 0.323 e. The number of likely N-dealkylation sites (tertiary alicyclic amines) is 1. The Hall–Kier alpha value is -3.15. The Bertz CT molecular complexity index is 1280. The third-order valence-corrected chi connectivity index (χ3v) is 6.74. The molecular formula is C23H26FN5O4S. The predicted octanol–water partition coefficient (Wildman–Crippen LogP) is 2.17. The molecule has 2 aromatic carbocycles. The Kier molecular flexibility index (Phi) is 7.05. The second kappa shape index (κ2) is 10.00. The molecule has 11 heteroatoms. The molecule has 9 nitrogen and oxygen atoms in total. The topological polar surface area (TPSA) is 120 Å². The van der Waals surface area contributed by atoms with Crippen LogP contribution in [0.5, 0.6) is 0 Å². The van der Waals surface area contributed by atoms with Crippen molar-refractivity contribution < 1.29 is 22.3 Å². The minimum absolute atomic E-state index is 0.0558. The van der Waals surface area contributed by atoms with E-state index in [4.69, 9.17) is 9.88 Å². The zero-order valence-electron chi connectivity index (χ0n) is 18.7. The lowest BCUT2D eigenvalue weighted by Crippen LogP contribution is -2.44. The van der Waals surface area contributed by atoms with Crippen molar-refractivity contribution in [2.45, 2.75) is 43.2 Å². The maximum absolute atomic E-state index is 15.0. The highest BCUT2D eigenvalue weighted by atomic mass is 32.2. The van der Waals surface area contributed by atoms with Crippen molar-refractivity contribution in [1.82, 2.24) is 19.7 Å². The Morgan fingerprint density at radius 3 is 2.65 bits per heavy atom. The fourth-order valence-electron chi connectivity index (χ4n) is 4.15. The lowest BCUT2D eigenvalue weighted by Gasteiger charge is -2.32. The number of carbonyl (C=O) groups excluding carboxylic acids is 1. The van der Waals surface area contributed by atoms with Gasteiger partial charge >= 0.3 is 5.97 Å². The molecule has 1 aromatic heterocycles. The third-order valence-electron chi connectivity index (χ3n) is 5.83. The van der Waals surface area contributed by atoms with Crippen LogP contribution >= 0.6 is 0 Å². The first-order valence-corrected chi connectivity index (χ1v) is 12.4. The van der Waals surface area contributed by atoms with Crippen molar-refractivity contribution in [2.75, 3.05) is 13.7 Å². The highest BCUT2D eigenvalue weighted by Gasteiger charge is 2.30. The molecule has 0 radical (unpaired) electrons. The lowest BCUT2D eigenvalue weighted by molar-refractivity contribution is -0.148. The van der Waals surface area contributed by atoms with Crippen molar-refractivity contribution in [3.05, 3.63) is 71.6 Å². The van der Waals surface area contributed by atoms with Gasteiger partial charge in [0.05, 0.1) is 18.6 Å². The van der Waals surface area contributed by atoms with Gasteiger partial charge in [0.1, 0.15) is 23.4 Å². The van der Waals surface area contributed by atoms with Crippen LogP contribution in [0.25, 0.3) is 5.69 Å². The van der Waals surface area contributed by atoms with E-state index in [9.17, 15) is 17.6 Å². The Morgan fingerprint density at radius 2 is 1.97 bits per heavy atom.